The summed E-state index contributed by atoms with van der Waals surface area (Å²) < 4.78 is 0. The molecular formula is C11H19N3O. The van der Waals surface area contributed by atoms with Gasteiger partial charge in [-0.3, -0.25) is 4.79 Å². The minimum atomic E-state index is -0.00157. The predicted octanol–water partition coefficient (Wildman–Crippen LogP) is 1.44. The summed E-state index contributed by atoms with van der Waals surface area (Å²) in [7, 11) is 1.86. The number of H-pyrrole nitrogens is 1. The summed E-state index contributed by atoms with van der Waals surface area (Å²) in [6, 6.07) is 3.70. The Bertz CT molecular complexity index is 293. The van der Waals surface area contributed by atoms with E-state index in [1.165, 1.54) is 0 Å². The number of carbonyl (C=O) groups excluding carboxylic acids is 1. The molecule has 0 aliphatic rings. The molecule has 0 bridgehead atoms. The summed E-state index contributed by atoms with van der Waals surface area (Å²) in [5.74, 6) is 1.13. The average Bonchev–Trinajstić information content (AvgIpc) is 2.65. The third-order valence-electron chi connectivity index (χ3n) is 2.42. The molecule has 3 N–H and O–H groups in total. The fourth-order valence-corrected chi connectivity index (χ4v) is 1.48. The van der Waals surface area contributed by atoms with Gasteiger partial charge in [0.15, 0.2) is 0 Å². The first-order valence-corrected chi connectivity index (χ1v) is 5.24. The van der Waals surface area contributed by atoms with E-state index in [-0.39, 0.29) is 11.8 Å². The van der Waals surface area contributed by atoms with E-state index in [9.17, 15) is 4.79 Å². The van der Waals surface area contributed by atoms with Gasteiger partial charge in [0.25, 0.3) is 0 Å². The summed E-state index contributed by atoms with van der Waals surface area (Å²) in [6.07, 6.45) is 1.79. The lowest BCUT2D eigenvalue weighted by Gasteiger charge is -2.19. The number of aromatic nitrogens is 1. The Balaban J connectivity index is 2.56. The number of rotatable bonds is 5. The van der Waals surface area contributed by atoms with Crippen molar-refractivity contribution in [2.45, 2.75) is 13.8 Å². The molecule has 0 aromatic carbocycles. The lowest BCUT2D eigenvalue weighted by molar-refractivity contribution is -0.121. The molecule has 0 saturated heterocycles. The monoisotopic (exact) mass is 209 g/mol. The molecule has 84 valence electrons. The van der Waals surface area contributed by atoms with Crippen LogP contribution in [0.25, 0.3) is 0 Å². The van der Waals surface area contributed by atoms with E-state index in [0.29, 0.717) is 12.5 Å². The summed E-state index contributed by atoms with van der Waals surface area (Å²) in [6.45, 7) is 4.80. The molecule has 1 amide bonds. The van der Waals surface area contributed by atoms with E-state index in [1.54, 1.807) is 6.20 Å². The molecule has 1 heterocycles. The number of aromatic amines is 1. The van der Waals surface area contributed by atoms with Crippen molar-refractivity contribution in [3.8, 4) is 0 Å². The van der Waals surface area contributed by atoms with Crippen LogP contribution in [0.15, 0.2) is 18.3 Å². The molecule has 0 saturated carbocycles. The Hall–Kier alpha value is -1.29. The summed E-state index contributed by atoms with van der Waals surface area (Å²) in [5, 5.41) is 5.89. The fourth-order valence-electron chi connectivity index (χ4n) is 1.48. The summed E-state index contributed by atoms with van der Waals surface area (Å²) in [4.78, 5) is 14.8. The molecule has 1 aromatic rings. The first kappa shape index (κ1) is 11.8. The van der Waals surface area contributed by atoms with Gasteiger partial charge in [-0.2, -0.15) is 0 Å². The van der Waals surface area contributed by atoms with Crippen LogP contribution in [0, 0.1) is 11.8 Å². The molecule has 1 rings (SSSR count). The van der Waals surface area contributed by atoms with Crippen LogP contribution in [-0.2, 0) is 4.79 Å². The van der Waals surface area contributed by atoms with Crippen molar-refractivity contribution in [3.05, 3.63) is 18.3 Å². The highest BCUT2D eigenvalue weighted by Gasteiger charge is 2.21. The second kappa shape index (κ2) is 5.56. The van der Waals surface area contributed by atoms with Gasteiger partial charge in [0.1, 0.15) is 5.82 Å². The highest BCUT2D eigenvalue weighted by molar-refractivity contribution is 5.92. The van der Waals surface area contributed by atoms with Crippen LogP contribution in [0.2, 0.25) is 0 Å². The normalized spacial score (nSPS) is 12.8. The zero-order valence-electron chi connectivity index (χ0n) is 9.50. The fraction of sp³-hybridized carbons (Fsp3) is 0.545. The highest BCUT2D eigenvalue weighted by Crippen LogP contribution is 2.12. The van der Waals surface area contributed by atoms with E-state index < -0.39 is 0 Å². The van der Waals surface area contributed by atoms with Crippen LogP contribution in [0.1, 0.15) is 13.8 Å². The van der Waals surface area contributed by atoms with Crippen molar-refractivity contribution in [2.24, 2.45) is 11.8 Å². The third kappa shape index (κ3) is 3.40. The van der Waals surface area contributed by atoms with Crippen molar-refractivity contribution < 1.29 is 4.79 Å². The van der Waals surface area contributed by atoms with E-state index in [0.717, 1.165) is 5.82 Å². The van der Waals surface area contributed by atoms with Gasteiger partial charge in [-0.05, 0) is 25.1 Å². The molecule has 0 spiro atoms. The Morgan fingerprint density at radius 2 is 2.27 bits per heavy atom. The largest absolute Gasteiger partial charge is 0.348 e. The Kier molecular flexibility index (Phi) is 4.37. The van der Waals surface area contributed by atoms with Crippen LogP contribution in [0.4, 0.5) is 5.82 Å². The number of hydrogen-bond acceptors (Lipinski definition) is 2. The average molecular weight is 209 g/mol. The Labute approximate surface area is 90.5 Å². The van der Waals surface area contributed by atoms with Crippen molar-refractivity contribution in [1.29, 1.82) is 0 Å². The summed E-state index contributed by atoms with van der Waals surface area (Å²) in [5.41, 5.74) is 0. The number of carbonyl (C=O) groups is 1. The van der Waals surface area contributed by atoms with Crippen LogP contribution >= 0.6 is 0 Å². The maximum Gasteiger partial charge on any atom is 0.230 e. The molecule has 1 unspecified atom stereocenters. The van der Waals surface area contributed by atoms with Gasteiger partial charge in [0, 0.05) is 12.7 Å². The smallest absolute Gasteiger partial charge is 0.230 e. The first-order valence-electron chi connectivity index (χ1n) is 5.24. The van der Waals surface area contributed by atoms with E-state index in [2.05, 4.69) is 29.5 Å². The van der Waals surface area contributed by atoms with Gasteiger partial charge in [-0.25, -0.2) is 0 Å². The molecule has 0 aliphatic carbocycles. The number of hydrogen-bond donors (Lipinski definition) is 3. The third-order valence-corrected chi connectivity index (χ3v) is 2.42. The number of amides is 1. The maximum absolute atomic E-state index is 11.9. The second-order valence-corrected chi connectivity index (χ2v) is 3.98. The number of nitrogens with one attached hydrogen (secondary N) is 3. The van der Waals surface area contributed by atoms with E-state index in [1.807, 2.05) is 19.2 Å². The molecule has 0 aliphatic heterocycles. The van der Waals surface area contributed by atoms with Gasteiger partial charge in [0.2, 0.25) is 5.91 Å². The van der Waals surface area contributed by atoms with Gasteiger partial charge in [0.05, 0.1) is 5.92 Å². The Morgan fingerprint density at radius 1 is 1.53 bits per heavy atom. The molecule has 0 radical (unpaired) electrons. The van der Waals surface area contributed by atoms with Gasteiger partial charge in [-0.1, -0.05) is 13.8 Å². The molecule has 15 heavy (non-hydrogen) atoms. The van der Waals surface area contributed by atoms with Crippen LogP contribution < -0.4 is 10.6 Å². The zero-order chi connectivity index (χ0) is 11.3. The van der Waals surface area contributed by atoms with Crippen LogP contribution in [-0.4, -0.2) is 24.5 Å². The molecule has 1 aromatic heterocycles. The quantitative estimate of drug-likeness (QED) is 0.687. The zero-order valence-corrected chi connectivity index (χ0v) is 9.50. The van der Waals surface area contributed by atoms with Gasteiger partial charge in [-0.15, -0.1) is 0 Å². The maximum atomic E-state index is 11.9. The molecule has 4 nitrogen and oxygen atoms in total. The molecular weight excluding hydrogens is 190 g/mol. The Morgan fingerprint density at radius 3 is 2.73 bits per heavy atom. The van der Waals surface area contributed by atoms with Crippen molar-refractivity contribution in [3.63, 3.8) is 0 Å². The minimum Gasteiger partial charge on any atom is -0.348 e. The summed E-state index contributed by atoms with van der Waals surface area (Å²) >= 11 is 0. The van der Waals surface area contributed by atoms with Crippen molar-refractivity contribution >= 4 is 11.7 Å². The minimum absolute atomic E-state index is 0.00157. The molecule has 0 fully saturated rings. The number of anilines is 1. The lowest BCUT2D eigenvalue weighted by atomic mass is 9.95. The van der Waals surface area contributed by atoms with E-state index >= 15 is 0 Å². The van der Waals surface area contributed by atoms with E-state index in [4.69, 9.17) is 0 Å². The predicted molar refractivity (Wildman–Crippen MR) is 61.7 cm³/mol. The van der Waals surface area contributed by atoms with Crippen molar-refractivity contribution in [1.82, 2.24) is 10.3 Å². The molecule has 4 heteroatoms. The topological polar surface area (TPSA) is 56.9 Å². The molecule has 1 atom stereocenters. The van der Waals surface area contributed by atoms with Crippen LogP contribution in [0.3, 0.4) is 0 Å². The first-order chi connectivity index (χ1) is 7.15. The highest BCUT2D eigenvalue weighted by atomic mass is 16.2. The van der Waals surface area contributed by atoms with Crippen LogP contribution in [0.5, 0.6) is 0 Å². The SMILES string of the molecule is CNCC(C(=O)Nc1ccc[nH]1)C(C)C. The van der Waals surface area contributed by atoms with Crippen molar-refractivity contribution in [2.75, 3.05) is 18.9 Å². The van der Waals surface area contributed by atoms with Gasteiger partial charge >= 0.3 is 0 Å². The standard InChI is InChI=1S/C11H19N3O/c1-8(2)9(7-12-3)11(15)14-10-5-4-6-13-10/h4-6,8-9,12-13H,7H2,1-3H3,(H,14,15). The lowest BCUT2D eigenvalue weighted by Crippen LogP contribution is -2.34. The van der Waals surface area contributed by atoms with Gasteiger partial charge < -0.3 is 15.6 Å². The second-order valence-electron chi connectivity index (χ2n) is 3.98.